The SMILES string of the molecule is CCCCN(CC(N)=O)S(=O)(=O)c1ccc(Cl)nc1. The van der Waals surface area contributed by atoms with E-state index < -0.39 is 15.9 Å². The minimum Gasteiger partial charge on any atom is -0.369 e. The Bertz CT molecular complexity index is 531. The summed E-state index contributed by atoms with van der Waals surface area (Å²) in [6, 6.07) is 2.74. The first kappa shape index (κ1) is 15.9. The first-order valence-corrected chi connectivity index (χ1v) is 7.59. The normalized spacial score (nSPS) is 11.7. The van der Waals surface area contributed by atoms with E-state index in [0.29, 0.717) is 6.42 Å². The lowest BCUT2D eigenvalue weighted by Gasteiger charge is -2.20. The third-order valence-electron chi connectivity index (χ3n) is 2.43. The van der Waals surface area contributed by atoms with Crippen molar-refractivity contribution in [3.63, 3.8) is 0 Å². The lowest BCUT2D eigenvalue weighted by atomic mass is 10.3. The van der Waals surface area contributed by atoms with E-state index in [1.807, 2.05) is 6.92 Å². The molecule has 0 atom stereocenters. The van der Waals surface area contributed by atoms with Crippen LogP contribution >= 0.6 is 11.6 Å². The van der Waals surface area contributed by atoms with Crippen molar-refractivity contribution in [1.29, 1.82) is 0 Å². The van der Waals surface area contributed by atoms with Gasteiger partial charge in [0.25, 0.3) is 0 Å². The molecule has 1 heterocycles. The van der Waals surface area contributed by atoms with E-state index in [0.717, 1.165) is 16.9 Å². The molecule has 0 saturated carbocycles. The van der Waals surface area contributed by atoms with Crippen molar-refractivity contribution >= 4 is 27.5 Å². The molecule has 0 spiro atoms. The van der Waals surface area contributed by atoms with Gasteiger partial charge in [0.05, 0.1) is 6.54 Å². The van der Waals surface area contributed by atoms with Crippen LogP contribution in [-0.4, -0.2) is 36.7 Å². The molecule has 0 fully saturated rings. The van der Waals surface area contributed by atoms with Crippen LogP contribution in [0.4, 0.5) is 0 Å². The van der Waals surface area contributed by atoms with Crippen LogP contribution in [0.25, 0.3) is 0 Å². The van der Waals surface area contributed by atoms with Crippen LogP contribution in [0.1, 0.15) is 19.8 Å². The van der Waals surface area contributed by atoms with Gasteiger partial charge >= 0.3 is 0 Å². The second kappa shape index (κ2) is 6.83. The second-order valence-corrected chi connectivity index (χ2v) is 6.30. The third-order valence-corrected chi connectivity index (χ3v) is 4.48. The number of halogens is 1. The van der Waals surface area contributed by atoms with E-state index in [1.165, 1.54) is 12.1 Å². The van der Waals surface area contributed by atoms with E-state index in [4.69, 9.17) is 17.3 Å². The second-order valence-electron chi connectivity index (χ2n) is 3.98. The molecule has 6 nitrogen and oxygen atoms in total. The number of hydrogen-bond donors (Lipinski definition) is 1. The van der Waals surface area contributed by atoms with Crippen molar-refractivity contribution < 1.29 is 13.2 Å². The van der Waals surface area contributed by atoms with Crippen molar-refractivity contribution in [3.05, 3.63) is 23.5 Å². The van der Waals surface area contributed by atoms with Gasteiger partial charge in [-0.25, -0.2) is 13.4 Å². The summed E-state index contributed by atoms with van der Waals surface area (Å²) in [5, 5.41) is 0.203. The maximum atomic E-state index is 12.3. The van der Waals surface area contributed by atoms with Gasteiger partial charge in [-0.05, 0) is 18.6 Å². The summed E-state index contributed by atoms with van der Waals surface area (Å²) in [6.07, 6.45) is 2.62. The smallest absolute Gasteiger partial charge is 0.245 e. The number of nitrogens with zero attached hydrogens (tertiary/aromatic N) is 2. The zero-order chi connectivity index (χ0) is 14.5. The Labute approximate surface area is 117 Å². The number of amides is 1. The van der Waals surface area contributed by atoms with Crippen LogP contribution in [0.5, 0.6) is 0 Å². The van der Waals surface area contributed by atoms with Crippen molar-refractivity contribution in [2.75, 3.05) is 13.1 Å². The van der Waals surface area contributed by atoms with Crippen LogP contribution in [-0.2, 0) is 14.8 Å². The fourth-order valence-electron chi connectivity index (χ4n) is 1.46. The molecule has 1 rings (SSSR count). The van der Waals surface area contributed by atoms with Gasteiger partial charge < -0.3 is 5.73 Å². The number of sulfonamides is 1. The largest absolute Gasteiger partial charge is 0.369 e. The highest BCUT2D eigenvalue weighted by molar-refractivity contribution is 7.89. The number of pyridine rings is 1. The molecule has 0 aliphatic heterocycles. The molecule has 8 heteroatoms. The van der Waals surface area contributed by atoms with Crippen LogP contribution in [0, 0.1) is 0 Å². The Kier molecular flexibility index (Phi) is 5.71. The van der Waals surface area contributed by atoms with E-state index in [-0.39, 0.29) is 23.1 Å². The fourth-order valence-corrected chi connectivity index (χ4v) is 2.96. The number of carbonyl (C=O) groups is 1. The molecule has 1 aromatic rings. The summed E-state index contributed by atoms with van der Waals surface area (Å²) in [5.74, 6) is -0.693. The standard InChI is InChI=1S/C11H16ClN3O3S/c1-2-3-6-15(8-11(13)16)19(17,18)9-4-5-10(12)14-7-9/h4-5,7H,2-3,6,8H2,1H3,(H2,13,16). The van der Waals surface area contributed by atoms with Gasteiger partial charge in [-0.1, -0.05) is 24.9 Å². The molecule has 0 aliphatic carbocycles. The molecule has 19 heavy (non-hydrogen) atoms. The van der Waals surface area contributed by atoms with Gasteiger partial charge in [0, 0.05) is 12.7 Å². The Hall–Kier alpha value is -1.18. The number of nitrogens with two attached hydrogens (primary N) is 1. The summed E-state index contributed by atoms with van der Waals surface area (Å²) in [5.41, 5.74) is 5.08. The van der Waals surface area contributed by atoms with E-state index in [1.54, 1.807) is 0 Å². The van der Waals surface area contributed by atoms with Crippen LogP contribution in [0.15, 0.2) is 23.2 Å². The van der Waals surface area contributed by atoms with Gasteiger partial charge in [0.2, 0.25) is 15.9 Å². The molecule has 0 bridgehead atoms. The number of aromatic nitrogens is 1. The predicted molar refractivity (Wildman–Crippen MR) is 72.1 cm³/mol. The first-order chi connectivity index (χ1) is 8.87. The highest BCUT2D eigenvalue weighted by atomic mass is 35.5. The van der Waals surface area contributed by atoms with Crippen LogP contribution < -0.4 is 5.73 Å². The Morgan fingerprint density at radius 2 is 2.16 bits per heavy atom. The highest BCUT2D eigenvalue weighted by Gasteiger charge is 2.25. The lowest BCUT2D eigenvalue weighted by molar-refractivity contribution is -0.118. The fraction of sp³-hybridized carbons (Fsp3) is 0.455. The minimum atomic E-state index is -3.77. The summed E-state index contributed by atoms with van der Waals surface area (Å²) in [4.78, 5) is 14.7. The summed E-state index contributed by atoms with van der Waals surface area (Å²) >= 11 is 5.62. The number of primary amides is 1. The number of carbonyl (C=O) groups excluding carboxylic acids is 1. The van der Waals surface area contributed by atoms with Crippen LogP contribution in [0.3, 0.4) is 0 Å². The molecule has 1 amide bonds. The van der Waals surface area contributed by atoms with Crippen molar-refractivity contribution in [1.82, 2.24) is 9.29 Å². The molecular weight excluding hydrogens is 290 g/mol. The third kappa shape index (κ3) is 4.45. The van der Waals surface area contributed by atoms with Gasteiger partial charge in [0.15, 0.2) is 0 Å². The molecular formula is C11H16ClN3O3S. The van der Waals surface area contributed by atoms with Crippen molar-refractivity contribution in [2.24, 2.45) is 5.73 Å². The Morgan fingerprint density at radius 3 is 2.63 bits per heavy atom. The molecule has 0 radical (unpaired) electrons. The molecule has 0 unspecified atom stereocenters. The van der Waals surface area contributed by atoms with Crippen molar-refractivity contribution in [3.8, 4) is 0 Å². The average molecular weight is 306 g/mol. The zero-order valence-corrected chi connectivity index (χ0v) is 12.1. The summed E-state index contributed by atoms with van der Waals surface area (Å²) < 4.78 is 25.7. The Morgan fingerprint density at radius 1 is 1.47 bits per heavy atom. The molecule has 2 N–H and O–H groups in total. The van der Waals surface area contributed by atoms with Crippen LogP contribution in [0.2, 0.25) is 5.15 Å². The Balaban J connectivity index is 3.03. The molecule has 0 saturated heterocycles. The molecule has 0 aliphatic rings. The average Bonchev–Trinajstić information content (AvgIpc) is 2.34. The summed E-state index contributed by atoms with van der Waals surface area (Å²) in [7, 11) is -3.77. The maximum absolute atomic E-state index is 12.3. The zero-order valence-electron chi connectivity index (χ0n) is 10.5. The molecule has 0 aromatic carbocycles. The molecule has 106 valence electrons. The number of unbranched alkanes of at least 4 members (excludes halogenated alkanes) is 1. The van der Waals surface area contributed by atoms with E-state index in [2.05, 4.69) is 4.98 Å². The number of rotatable bonds is 7. The van der Waals surface area contributed by atoms with Gasteiger partial charge in [0.1, 0.15) is 10.0 Å². The number of hydrogen-bond acceptors (Lipinski definition) is 4. The summed E-state index contributed by atoms with van der Waals surface area (Å²) in [6.45, 7) is 1.83. The monoisotopic (exact) mass is 305 g/mol. The van der Waals surface area contributed by atoms with E-state index in [9.17, 15) is 13.2 Å². The van der Waals surface area contributed by atoms with Gasteiger partial charge in [-0.3, -0.25) is 4.79 Å². The molecule has 1 aromatic heterocycles. The van der Waals surface area contributed by atoms with Crippen molar-refractivity contribution in [2.45, 2.75) is 24.7 Å². The van der Waals surface area contributed by atoms with Gasteiger partial charge in [-0.2, -0.15) is 4.31 Å². The highest BCUT2D eigenvalue weighted by Crippen LogP contribution is 2.16. The topological polar surface area (TPSA) is 93.4 Å². The maximum Gasteiger partial charge on any atom is 0.245 e. The van der Waals surface area contributed by atoms with E-state index >= 15 is 0 Å². The van der Waals surface area contributed by atoms with Gasteiger partial charge in [-0.15, -0.1) is 0 Å². The quantitative estimate of drug-likeness (QED) is 0.761. The predicted octanol–water partition coefficient (Wildman–Crippen LogP) is 1.01. The lowest BCUT2D eigenvalue weighted by Crippen LogP contribution is -2.39. The minimum absolute atomic E-state index is 0.00532. The first-order valence-electron chi connectivity index (χ1n) is 5.78.